The van der Waals surface area contributed by atoms with Gasteiger partial charge in [0.1, 0.15) is 6.33 Å². The zero-order valence-electron chi connectivity index (χ0n) is 8.63. The van der Waals surface area contributed by atoms with E-state index in [1.807, 2.05) is 10.6 Å². The van der Waals surface area contributed by atoms with Crippen LogP contribution in [-0.2, 0) is 0 Å². The number of fused-ring (bicyclic) bond motifs is 1. The summed E-state index contributed by atoms with van der Waals surface area (Å²) in [6, 6.07) is 0. The molecular weight excluding hydrogens is 222 g/mol. The average Bonchev–Trinajstić information content (AvgIpc) is 2.77. The van der Waals surface area contributed by atoms with E-state index in [4.69, 9.17) is 6.42 Å². The topological polar surface area (TPSA) is 55.1 Å². The summed E-state index contributed by atoms with van der Waals surface area (Å²) in [5.41, 5.74) is 0.740. The molecule has 0 aliphatic carbocycles. The van der Waals surface area contributed by atoms with Crippen LogP contribution >= 0.6 is 11.8 Å². The molecule has 5 nitrogen and oxygen atoms in total. The predicted molar refractivity (Wildman–Crippen MR) is 65.4 cm³/mol. The van der Waals surface area contributed by atoms with Crippen LogP contribution in [0, 0.1) is 12.3 Å². The van der Waals surface area contributed by atoms with Crippen molar-refractivity contribution in [2.75, 3.05) is 23.4 Å². The second-order valence-electron chi connectivity index (χ2n) is 3.02. The Balaban J connectivity index is 1.94. The van der Waals surface area contributed by atoms with E-state index in [9.17, 15) is 0 Å². The van der Waals surface area contributed by atoms with Gasteiger partial charge in [-0.2, -0.15) is 0 Å². The van der Waals surface area contributed by atoms with Crippen LogP contribution in [0.25, 0.3) is 5.65 Å². The molecule has 2 aromatic heterocycles. The minimum atomic E-state index is 0.740. The highest BCUT2D eigenvalue weighted by molar-refractivity contribution is 7.99. The van der Waals surface area contributed by atoms with Crippen LogP contribution in [0.3, 0.4) is 0 Å². The Bertz CT molecular complexity index is 501. The van der Waals surface area contributed by atoms with Crippen LogP contribution in [0.5, 0.6) is 0 Å². The molecule has 0 aliphatic rings. The maximum Gasteiger partial charge on any atom is 0.203 e. The molecule has 0 saturated heterocycles. The van der Waals surface area contributed by atoms with Crippen molar-refractivity contribution in [2.24, 2.45) is 0 Å². The minimum absolute atomic E-state index is 0.740. The fourth-order valence-electron chi connectivity index (χ4n) is 1.26. The Hall–Kier alpha value is -1.74. The van der Waals surface area contributed by atoms with Crippen LogP contribution in [0.15, 0.2) is 18.7 Å². The molecule has 2 aromatic rings. The lowest BCUT2D eigenvalue weighted by Gasteiger charge is -2.04. The van der Waals surface area contributed by atoms with E-state index in [2.05, 4.69) is 26.4 Å². The van der Waals surface area contributed by atoms with Crippen molar-refractivity contribution in [3.05, 3.63) is 18.7 Å². The Morgan fingerprint density at radius 2 is 2.50 bits per heavy atom. The molecule has 0 aromatic carbocycles. The first-order valence-corrected chi connectivity index (χ1v) is 5.96. The van der Waals surface area contributed by atoms with Gasteiger partial charge in [-0.25, -0.2) is 4.98 Å². The summed E-state index contributed by atoms with van der Waals surface area (Å²) in [4.78, 5) is 4.21. The van der Waals surface area contributed by atoms with Crippen LogP contribution in [0.1, 0.15) is 0 Å². The fourth-order valence-corrected chi connectivity index (χ4v) is 1.76. The van der Waals surface area contributed by atoms with Crippen molar-refractivity contribution in [2.45, 2.75) is 0 Å². The van der Waals surface area contributed by atoms with E-state index in [-0.39, 0.29) is 0 Å². The van der Waals surface area contributed by atoms with Crippen molar-refractivity contribution < 1.29 is 0 Å². The van der Waals surface area contributed by atoms with Crippen molar-refractivity contribution in [3.63, 3.8) is 0 Å². The number of rotatable bonds is 5. The highest BCUT2D eigenvalue weighted by Gasteiger charge is 2.02. The quantitative estimate of drug-likeness (QED) is 0.614. The fraction of sp³-hybridized carbons (Fsp3) is 0.300. The maximum absolute atomic E-state index is 5.16. The van der Waals surface area contributed by atoms with Gasteiger partial charge in [-0.15, -0.1) is 28.4 Å². The zero-order chi connectivity index (χ0) is 11.2. The highest BCUT2D eigenvalue weighted by atomic mass is 32.2. The predicted octanol–water partition coefficient (Wildman–Crippen LogP) is 0.903. The molecule has 16 heavy (non-hydrogen) atoms. The largest absolute Gasteiger partial charge is 0.366 e. The van der Waals surface area contributed by atoms with E-state index in [1.54, 1.807) is 24.3 Å². The van der Waals surface area contributed by atoms with E-state index >= 15 is 0 Å². The van der Waals surface area contributed by atoms with E-state index < -0.39 is 0 Å². The average molecular weight is 233 g/mol. The van der Waals surface area contributed by atoms with Crippen LogP contribution < -0.4 is 5.32 Å². The maximum atomic E-state index is 5.16. The molecule has 6 heteroatoms. The second kappa shape index (κ2) is 5.37. The van der Waals surface area contributed by atoms with Crippen LogP contribution in [-0.4, -0.2) is 37.6 Å². The third-order valence-corrected chi connectivity index (χ3v) is 2.80. The van der Waals surface area contributed by atoms with Gasteiger partial charge in [0.15, 0.2) is 5.82 Å². The lowest BCUT2D eigenvalue weighted by molar-refractivity contribution is 1.09. The van der Waals surface area contributed by atoms with Gasteiger partial charge < -0.3 is 5.32 Å². The zero-order valence-corrected chi connectivity index (χ0v) is 9.44. The first-order chi connectivity index (χ1) is 7.92. The molecule has 0 fully saturated rings. The molecule has 1 N–H and O–H groups in total. The Kier molecular flexibility index (Phi) is 3.62. The molecule has 2 heterocycles. The van der Waals surface area contributed by atoms with Gasteiger partial charge >= 0.3 is 0 Å². The van der Waals surface area contributed by atoms with E-state index in [1.165, 1.54) is 0 Å². The Morgan fingerprint density at radius 3 is 3.38 bits per heavy atom. The molecule has 2 rings (SSSR count). The number of nitrogens with zero attached hydrogens (tertiary/aromatic N) is 4. The van der Waals surface area contributed by atoms with Gasteiger partial charge in [-0.05, 0) is 0 Å². The summed E-state index contributed by atoms with van der Waals surface area (Å²) in [6.07, 6.45) is 10.3. The minimum Gasteiger partial charge on any atom is -0.366 e. The van der Waals surface area contributed by atoms with Gasteiger partial charge in [0.25, 0.3) is 0 Å². The SMILES string of the molecule is C#CCSCCNc1nccn2cnnc12. The number of hydrogen-bond acceptors (Lipinski definition) is 5. The standard InChI is InChI=1S/C10H11N5S/c1-2-6-16-7-4-12-9-10-14-13-8-15(10)5-3-11-9/h1,3,5,8H,4,6-7H2,(H,11,12). The first kappa shape index (κ1) is 10.8. The molecule has 0 spiro atoms. The van der Waals surface area contributed by atoms with E-state index in [0.29, 0.717) is 0 Å². The van der Waals surface area contributed by atoms with Crippen LogP contribution in [0.4, 0.5) is 5.82 Å². The number of thioether (sulfide) groups is 1. The van der Waals surface area contributed by atoms with Crippen LogP contribution in [0.2, 0.25) is 0 Å². The van der Waals surface area contributed by atoms with Crippen molar-refractivity contribution in [3.8, 4) is 12.3 Å². The second-order valence-corrected chi connectivity index (χ2v) is 4.13. The molecule has 0 saturated carbocycles. The summed E-state index contributed by atoms with van der Waals surface area (Å²) >= 11 is 1.71. The third-order valence-electron chi connectivity index (χ3n) is 1.94. The van der Waals surface area contributed by atoms with Gasteiger partial charge in [-0.3, -0.25) is 4.40 Å². The number of terminal acetylenes is 1. The molecule has 82 valence electrons. The monoisotopic (exact) mass is 233 g/mol. The molecule has 0 amide bonds. The Labute approximate surface area is 97.7 Å². The molecule has 0 bridgehead atoms. The normalized spacial score (nSPS) is 10.2. The summed E-state index contributed by atoms with van der Waals surface area (Å²) in [6.45, 7) is 0.811. The van der Waals surface area contributed by atoms with Gasteiger partial charge in [-0.1, -0.05) is 5.92 Å². The molecule has 0 unspecified atom stereocenters. The first-order valence-electron chi connectivity index (χ1n) is 4.81. The third kappa shape index (κ3) is 2.44. The molecular formula is C10H11N5S. The van der Waals surface area contributed by atoms with Crippen molar-refractivity contribution in [1.82, 2.24) is 19.6 Å². The van der Waals surface area contributed by atoms with Gasteiger partial charge in [0.2, 0.25) is 5.65 Å². The molecule has 0 aliphatic heterocycles. The summed E-state index contributed by atoms with van der Waals surface area (Å²) in [5.74, 6) is 5.02. The van der Waals surface area contributed by atoms with E-state index in [0.717, 1.165) is 29.5 Å². The van der Waals surface area contributed by atoms with Crippen molar-refractivity contribution in [1.29, 1.82) is 0 Å². The van der Waals surface area contributed by atoms with Gasteiger partial charge in [0, 0.05) is 24.7 Å². The lowest BCUT2D eigenvalue weighted by atomic mass is 10.6. The Morgan fingerprint density at radius 1 is 1.56 bits per heavy atom. The smallest absolute Gasteiger partial charge is 0.203 e. The van der Waals surface area contributed by atoms with Gasteiger partial charge in [0.05, 0.1) is 5.75 Å². The number of hydrogen-bond donors (Lipinski definition) is 1. The number of aromatic nitrogens is 4. The molecule has 0 atom stereocenters. The molecule has 0 radical (unpaired) electrons. The number of anilines is 1. The lowest BCUT2D eigenvalue weighted by Crippen LogP contribution is -2.07. The highest BCUT2D eigenvalue weighted by Crippen LogP contribution is 2.09. The van der Waals surface area contributed by atoms with Crippen molar-refractivity contribution >= 4 is 23.2 Å². The number of nitrogens with one attached hydrogen (secondary N) is 1. The summed E-state index contributed by atoms with van der Waals surface area (Å²) in [5, 5.41) is 11.0. The summed E-state index contributed by atoms with van der Waals surface area (Å²) < 4.78 is 1.82. The summed E-state index contributed by atoms with van der Waals surface area (Å²) in [7, 11) is 0.